The van der Waals surface area contributed by atoms with Gasteiger partial charge in [0.25, 0.3) is 0 Å². The first-order valence-electron chi connectivity index (χ1n) is 4.87. The Balaban J connectivity index is 2.44. The molecule has 17 heavy (non-hydrogen) atoms. The van der Waals surface area contributed by atoms with Gasteiger partial charge in [-0.15, -0.1) is 0 Å². The molecule has 0 saturated carbocycles. The van der Waals surface area contributed by atoms with E-state index in [0.29, 0.717) is 4.47 Å². The van der Waals surface area contributed by atoms with Crippen LogP contribution in [-0.4, -0.2) is 11.1 Å². The quantitative estimate of drug-likeness (QED) is 0.910. The number of carboxylic acids is 1. The molecule has 2 rings (SSSR count). The molecule has 0 radical (unpaired) electrons. The van der Waals surface area contributed by atoms with Crippen molar-refractivity contribution in [2.24, 2.45) is 0 Å². The van der Waals surface area contributed by atoms with Crippen LogP contribution in [0.2, 0.25) is 0 Å². The highest BCUT2D eigenvalue weighted by atomic mass is 79.9. The first kappa shape index (κ1) is 11.8. The van der Waals surface area contributed by atoms with E-state index in [0.717, 1.165) is 11.1 Å². The Kier molecular flexibility index (Phi) is 3.24. The average molecular weight is 295 g/mol. The Morgan fingerprint density at radius 3 is 2.18 bits per heavy atom. The summed E-state index contributed by atoms with van der Waals surface area (Å²) in [4.78, 5) is 10.8. The van der Waals surface area contributed by atoms with Gasteiger partial charge in [0.1, 0.15) is 5.82 Å². The van der Waals surface area contributed by atoms with E-state index in [9.17, 15) is 9.18 Å². The van der Waals surface area contributed by atoms with Crippen molar-refractivity contribution in [3.05, 3.63) is 58.3 Å². The molecule has 4 heteroatoms. The van der Waals surface area contributed by atoms with Gasteiger partial charge in [0.15, 0.2) is 0 Å². The third-order valence-electron chi connectivity index (χ3n) is 2.38. The number of hydrogen-bond acceptors (Lipinski definition) is 1. The van der Waals surface area contributed by atoms with Crippen molar-refractivity contribution >= 4 is 21.9 Å². The van der Waals surface area contributed by atoms with Gasteiger partial charge in [-0.2, -0.15) is 0 Å². The molecule has 0 aliphatic carbocycles. The van der Waals surface area contributed by atoms with Crippen molar-refractivity contribution in [1.29, 1.82) is 0 Å². The van der Waals surface area contributed by atoms with E-state index >= 15 is 0 Å². The normalized spacial score (nSPS) is 10.2. The number of aromatic carboxylic acids is 1. The zero-order chi connectivity index (χ0) is 12.4. The number of hydrogen-bond donors (Lipinski definition) is 1. The summed E-state index contributed by atoms with van der Waals surface area (Å²) >= 11 is 3.20. The molecule has 0 amide bonds. The van der Waals surface area contributed by atoms with E-state index in [-0.39, 0.29) is 11.4 Å². The van der Waals surface area contributed by atoms with Crippen LogP contribution in [0.1, 0.15) is 10.4 Å². The largest absolute Gasteiger partial charge is 0.478 e. The number of carbonyl (C=O) groups is 1. The third-order valence-corrected chi connectivity index (χ3v) is 3.03. The van der Waals surface area contributed by atoms with Crippen molar-refractivity contribution in [3.8, 4) is 11.1 Å². The lowest BCUT2D eigenvalue weighted by Gasteiger charge is -2.04. The van der Waals surface area contributed by atoms with Gasteiger partial charge in [0.2, 0.25) is 0 Å². The minimum absolute atomic E-state index is 0.205. The second-order valence-electron chi connectivity index (χ2n) is 3.51. The van der Waals surface area contributed by atoms with Crippen LogP contribution in [-0.2, 0) is 0 Å². The predicted molar refractivity (Wildman–Crippen MR) is 66.5 cm³/mol. The standard InChI is InChI=1S/C13H8BrFO2/c14-12-7-9(3-6-11(12)13(16)17)8-1-4-10(15)5-2-8/h1-7H,(H,16,17). The Labute approximate surface area is 106 Å². The summed E-state index contributed by atoms with van der Waals surface area (Å²) in [5.74, 6) is -1.28. The average Bonchev–Trinajstić information content (AvgIpc) is 2.29. The van der Waals surface area contributed by atoms with Crippen LogP contribution in [0.15, 0.2) is 46.9 Å². The monoisotopic (exact) mass is 294 g/mol. The van der Waals surface area contributed by atoms with E-state index in [2.05, 4.69) is 15.9 Å². The van der Waals surface area contributed by atoms with Crippen molar-refractivity contribution in [3.63, 3.8) is 0 Å². The molecular formula is C13H8BrFO2. The van der Waals surface area contributed by atoms with Gasteiger partial charge in [-0.3, -0.25) is 0 Å². The molecule has 1 N–H and O–H groups in total. The second kappa shape index (κ2) is 4.67. The van der Waals surface area contributed by atoms with Gasteiger partial charge in [-0.1, -0.05) is 18.2 Å². The van der Waals surface area contributed by atoms with Gasteiger partial charge in [-0.25, -0.2) is 9.18 Å². The van der Waals surface area contributed by atoms with E-state index in [1.807, 2.05) is 0 Å². The Morgan fingerprint density at radius 2 is 1.65 bits per heavy atom. The molecule has 0 atom stereocenters. The maximum Gasteiger partial charge on any atom is 0.336 e. The summed E-state index contributed by atoms with van der Waals surface area (Å²) in [7, 11) is 0. The molecule has 0 aliphatic rings. The van der Waals surface area contributed by atoms with Crippen molar-refractivity contribution in [2.45, 2.75) is 0 Å². The summed E-state index contributed by atoms with van der Waals surface area (Å²) in [5, 5.41) is 8.88. The van der Waals surface area contributed by atoms with Crippen molar-refractivity contribution in [1.82, 2.24) is 0 Å². The summed E-state index contributed by atoms with van der Waals surface area (Å²) in [6.45, 7) is 0. The number of benzene rings is 2. The SMILES string of the molecule is O=C(O)c1ccc(-c2ccc(F)cc2)cc1Br. The van der Waals surface area contributed by atoms with E-state index in [1.165, 1.54) is 18.2 Å². The summed E-state index contributed by atoms with van der Waals surface area (Å²) in [6, 6.07) is 11.0. The molecule has 2 nitrogen and oxygen atoms in total. The van der Waals surface area contributed by atoms with E-state index in [4.69, 9.17) is 5.11 Å². The van der Waals surface area contributed by atoms with Gasteiger partial charge in [0, 0.05) is 4.47 Å². The molecule has 2 aromatic carbocycles. The highest BCUT2D eigenvalue weighted by molar-refractivity contribution is 9.10. The predicted octanol–water partition coefficient (Wildman–Crippen LogP) is 3.95. The molecule has 0 bridgehead atoms. The van der Waals surface area contributed by atoms with Crippen LogP contribution in [0.25, 0.3) is 11.1 Å². The van der Waals surface area contributed by atoms with Crippen LogP contribution >= 0.6 is 15.9 Å². The van der Waals surface area contributed by atoms with Gasteiger partial charge in [0.05, 0.1) is 5.56 Å². The lowest BCUT2D eigenvalue weighted by molar-refractivity contribution is 0.0696. The van der Waals surface area contributed by atoms with Crippen LogP contribution in [0.3, 0.4) is 0 Å². The number of rotatable bonds is 2. The highest BCUT2D eigenvalue weighted by Gasteiger charge is 2.09. The van der Waals surface area contributed by atoms with Crippen LogP contribution in [0, 0.1) is 5.82 Å². The van der Waals surface area contributed by atoms with Crippen molar-refractivity contribution < 1.29 is 14.3 Å². The lowest BCUT2D eigenvalue weighted by atomic mass is 10.0. The minimum Gasteiger partial charge on any atom is -0.478 e. The van der Waals surface area contributed by atoms with Gasteiger partial charge in [-0.05, 0) is 51.3 Å². The molecule has 0 saturated heterocycles. The Bertz CT molecular complexity index is 564. The fourth-order valence-corrected chi connectivity index (χ4v) is 2.06. The van der Waals surface area contributed by atoms with Crippen molar-refractivity contribution in [2.75, 3.05) is 0 Å². The topological polar surface area (TPSA) is 37.3 Å². The van der Waals surface area contributed by atoms with E-state index in [1.54, 1.807) is 24.3 Å². The molecule has 0 spiro atoms. The van der Waals surface area contributed by atoms with Gasteiger partial charge >= 0.3 is 5.97 Å². The summed E-state index contributed by atoms with van der Waals surface area (Å²) in [6.07, 6.45) is 0. The Morgan fingerprint density at radius 1 is 1.06 bits per heavy atom. The fourth-order valence-electron chi connectivity index (χ4n) is 1.51. The first-order chi connectivity index (χ1) is 8.08. The number of halogens is 2. The third kappa shape index (κ3) is 2.53. The molecule has 0 aliphatic heterocycles. The molecule has 0 aromatic heterocycles. The first-order valence-corrected chi connectivity index (χ1v) is 5.66. The lowest BCUT2D eigenvalue weighted by Crippen LogP contribution is -1.97. The molecule has 86 valence electrons. The van der Waals surface area contributed by atoms with Crippen LogP contribution in [0.4, 0.5) is 4.39 Å². The maximum atomic E-state index is 12.8. The molecule has 2 aromatic rings. The smallest absolute Gasteiger partial charge is 0.336 e. The second-order valence-corrected chi connectivity index (χ2v) is 4.36. The molecular weight excluding hydrogens is 287 g/mol. The fraction of sp³-hybridized carbons (Fsp3) is 0. The highest BCUT2D eigenvalue weighted by Crippen LogP contribution is 2.26. The number of carboxylic acid groups (broad SMARTS) is 1. The molecule has 0 heterocycles. The minimum atomic E-state index is -0.984. The summed E-state index contributed by atoms with van der Waals surface area (Å²) < 4.78 is 13.3. The Hall–Kier alpha value is -1.68. The van der Waals surface area contributed by atoms with Crippen LogP contribution in [0.5, 0.6) is 0 Å². The van der Waals surface area contributed by atoms with Crippen LogP contribution < -0.4 is 0 Å². The zero-order valence-electron chi connectivity index (χ0n) is 8.65. The maximum absolute atomic E-state index is 12.8. The summed E-state index contributed by atoms with van der Waals surface area (Å²) in [5.41, 5.74) is 1.88. The zero-order valence-corrected chi connectivity index (χ0v) is 10.2. The molecule has 0 fully saturated rings. The van der Waals surface area contributed by atoms with E-state index < -0.39 is 5.97 Å². The molecule has 0 unspecified atom stereocenters. The van der Waals surface area contributed by atoms with Gasteiger partial charge < -0.3 is 5.11 Å².